The Morgan fingerprint density at radius 3 is 2.74 bits per heavy atom. The number of aromatic nitrogens is 2. The maximum atomic E-state index is 11.2. The molecule has 0 spiro atoms. The van der Waals surface area contributed by atoms with Crippen molar-refractivity contribution in [1.82, 2.24) is 15.1 Å². The highest BCUT2D eigenvalue weighted by molar-refractivity contribution is 5.75. The van der Waals surface area contributed by atoms with Crippen LogP contribution in [0.2, 0.25) is 0 Å². The first-order valence-corrected chi connectivity index (χ1v) is 6.20. The Bertz CT molecular complexity index is 545. The van der Waals surface area contributed by atoms with E-state index in [0.29, 0.717) is 0 Å². The van der Waals surface area contributed by atoms with Gasteiger partial charge in [0.05, 0.1) is 11.9 Å². The molecule has 2 rings (SSSR count). The minimum atomic E-state index is -0.0619. The highest BCUT2D eigenvalue weighted by Crippen LogP contribution is 2.09. The highest BCUT2D eigenvalue weighted by atomic mass is 16.1. The van der Waals surface area contributed by atoms with Crippen LogP contribution in [0, 0.1) is 6.92 Å². The summed E-state index contributed by atoms with van der Waals surface area (Å²) in [6.07, 6.45) is 3.54. The summed E-state index contributed by atoms with van der Waals surface area (Å²) in [5.41, 5.74) is 3.37. The third-order valence-electron chi connectivity index (χ3n) is 2.83. The van der Waals surface area contributed by atoms with Crippen molar-refractivity contribution in [3.05, 3.63) is 47.8 Å². The molecule has 0 aliphatic heterocycles. The summed E-state index contributed by atoms with van der Waals surface area (Å²) in [5.74, 6) is -0.0619. The van der Waals surface area contributed by atoms with Crippen LogP contribution in [0.15, 0.2) is 36.7 Å². The molecule has 1 heterocycles. The van der Waals surface area contributed by atoms with E-state index < -0.39 is 0 Å². The molecule has 1 amide bonds. The van der Waals surface area contributed by atoms with Gasteiger partial charge < -0.3 is 10.6 Å². The Balaban J connectivity index is 1.89. The van der Waals surface area contributed by atoms with Crippen molar-refractivity contribution >= 4 is 11.6 Å². The topological polar surface area (TPSA) is 59.0 Å². The van der Waals surface area contributed by atoms with Gasteiger partial charge in [-0.15, -0.1) is 0 Å². The molecule has 0 saturated carbocycles. The standard InChI is InChI=1S/C14H18N4O/c1-11-3-5-12(6-4-11)7-16-13-8-17-18(9-13)10-14(19)15-2/h3-6,8-9,16H,7,10H2,1-2H3,(H,15,19). The van der Waals surface area contributed by atoms with E-state index in [0.717, 1.165) is 12.2 Å². The quantitative estimate of drug-likeness (QED) is 0.855. The molecule has 1 aromatic heterocycles. The van der Waals surface area contributed by atoms with Crippen LogP contribution in [0.1, 0.15) is 11.1 Å². The largest absolute Gasteiger partial charge is 0.378 e. The van der Waals surface area contributed by atoms with Crippen molar-refractivity contribution in [3.63, 3.8) is 0 Å². The number of rotatable bonds is 5. The fourth-order valence-electron chi connectivity index (χ4n) is 1.68. The molecule has 19 heavy (non-hydrogen) atoms. The number of hydrogen-bond donors (Lipinski definition) is 2. The lowest BCUT2D eigenvalue weighted by atomic mass is 10.1. The Labute approximate surface area is 112 Å². The summed E-state index contributed by atoms with van der Waals surface area (Å²) in [7, 11) is 1.61. The zero-order valence-corrected chi connectivity index (χ0v) is 11.2. The first-order chi connectivity index (χ1) is 9.17. The number of anilines is 1. The summed E-state index contributed by atoms with van der Waals surface area (Å²) >= 11 is 0. The second-order valence-corrected chi connectivity index (χ2v) is 4.44. The minimum Gasteiger partial charge on any atom is -0.378 e. The fraction of sp³-hybridized carbons (Fsp3) is 0.286. The van der Waals surface area contributed by atoms with E-state index >= 15 is 0 Å². The van der Waals surface area contributed by atoms with E-state index in [2.05, 4.69) is 46.9 Å². The minimum absolute atomic E-state index is 0.0619. The van der Waals surface area contributed by atoms with Crippen LogP contribution < -0.4 is 10.6 Å². The molecule has 5 nitrogen and oxygen atoms in total. The molecule has 0 atom stereocenters. The van der Waals surface area contributed by atoms with E-state index in [-0.39, 0.29) is 12.5 Å². The van der Waals surface area contributed by atoms with Crippen LogP contribution in [0.25, 0.3) is 0 Å². The molecule has 0 radical (unpaired) electrons. The van der Waals surface area contributed by atoms with Gasteiger partial charge in [-0.1, -0.05) is 29.8 Å². The molecule has 0 saturated heterocycles. The van der Waals surface area contributed by atoms with Gasteiger partial charge in [-0.05, 0) is 12.5 Å². The summed E-state index contributed by atoms with van der Waals surface area (Å²) in [6.45, 7) is 3.05. The zero-order chi connectivity index (χ0) is 13.7. The number of nitrogens with zero attached hydrogens (tertiary/aromatic N) is 2. The van der Waals surface area contributed by atoms with Gasteiger partial charge in [0.15, 0.2) is 0 Å². The van der Waals surface area contributed by atoms with Gasteiger partial charge >= 0.3 is 0 Å². The van der Waals surface area contributed by atoms with Crippen LogP contribution in [0.3, 0.4) is 0 Å². The summed E-state index contributed by atoms with van der Waals surface area (Å²) in [5, 5.41) is 9.97. The van der Waals surface area contributed by atoms with Crippen LogP contribution in [0.5, 0.6) is 0 Å². The second-order valence-electron chi connectivity index (χ2n) is 4.44. The van der Waals surface area contributed by atoms with Crippen LogP contribution in [-0.2, 0) is 17.9 Å². The van der Waals surface area contributed by atoms with Crippen molar-refractivity contribution in [2.75, 3.05) is 12.4 Å². The molecular formula is C14H18N4O. The molecule has 0 bridgehead atoms. The summed E-state index contributed by atoms with van der Waals surface area (Å²) in [4.78, 5) is 11.2. The van der Waals surface area contributed by atoms with Crippen LogP contribution in [0.4, 0.5) is 5.69 Å². The molecule has 2 N–H and O–H groups in total. The van der Waals surface area contributed by atoms with Gasteiger partial charge in [-0.2, -0.15) is 5.10 Å². The van der Waals surface area contributed by atoms with Crippen molar-refractivity contribution < 1.29 is 4.79 Å². The van der Waals surface area contributed by atoms with E-state index in [4.69, 9.17) is 0 Å². The number of benzene rings is 1. The molecule has 1 aromatic carbocycles. The molecule has 0 fully saturated rings. The first kappa shape index (κ1) is 13.1. The summed E-state index contributed by atoms with van der Waals surface area (Å²) in [6, 6.07) is 8.37. The van der Waals surface area contributed by atoms with Gasteiger partial charge in [-0.25, -0.2) is 0 Å². The van der Waals surface area contributed by atoms with Crippen LogP contribution >= 0.6 is 0 Å². The number of amides is 1. The number of likely N-dealkylation sites (N-methyl/N-ethyl adjacent to an activating group) is 1. The first-order valence-electron chi connectivity index (χ1n) is 6.20. The van der Waals surface area contributed by atoms with E-state index in [1.165, 1.54) is 11.1 Å². The molecule has 2 aromatic rings. The monoisotopic (exact) mass is 258 g/mol. The van der Waals surface area contributed by atoms with Crippen LogP contribution in [-0.4, -0.2) is 22.7 Å². The van der Waals surface area contributed by atoms with Gasteiger partial charge in [0.25, 0.3) is 0 Å². The van der Waals surface area contributed by atoms with E-state index in [9.17, 15) is 4.79 Å². The Hall–Kier alpha value is -2.30. The van der Waals surface area contributed by atoms with Gasteiger partial charge in [0, 0.05) is 19.8 Å². The lowest BCUT2D eigenvalue weighted by molar-refractivity contribution is -0.121. The predicted octanol–water partition coefficient (Wildman–Crippen LogP) is 1.55. The number of carbonyl (C=O) groups excluding carboxylic acids is 1. The van der Waals surface area contributed by atoms with Gasteiger partial charge in [-0.3, -0.25) is 9.48 Å². The number of aryl methyl sites for hydroxylation is 1. The predicted molar refractivity (Wildman–Crippen MR) is 74.8 cm³/mol. The third kappa shape index (κ3) is 3.84. The molecule has 0 aliphatic carbocycles. The maximum absolute atomic E-state index is 11.2. The van der Waals surface area contributed by atoms with Gasteiger partial charge in [0.2, 0.25) is 5.91 Å². The average Bonchev–Trinajstić information content (AvgIpc) is 2.85. The second kappa shape index (κ2) is 6.04. The van der Waals surface area contributed by atoms with E-state index in [1.54, 1.807) is 17.9 Å². The Morgan fingerprint density at radius 1 is 1.32 bits per heavy atom. The normalized spacial score (nSPS) is 10.2. The maximum Gasteiger partial charge on any atom is 0.241 e. The average molecular weight is 258 g/mol. The van der Waals surface area contributed by atoms with Crippen molar-refractivity contribution in [2.24, 2.45) is 0 Å². The summed E-state index contributed by atoms with van der Waals surface area (Å²) < 4.78 is 1.61. The van der Waals surface area contributed by atoms with Gasteiger partial charge in [0.1, 0.15) is 6.54 Å². The number of carbonyl (C=O) groups is 1. The Kier molecular flexibility index (Phi) is 4.18. The van der Waals surface area contributed by atoms with Crippen molar-refractivity contribution in [2.45, 2.75) is 20.0 Å². The SMILES string of the molecule is CNC(=O)Cn1cc(NCc2ccc(C)cc2)cn1. The van der Waals surface area contributed by atoms with Crippen molar-refractivity contribution in [3.8, 4) is 0 Å². The zero-order valence-electron chi connectivity index (χ0n) is 11.2. The lowest BCUT2D eigenvalue weighted by Crippen LogP contribution is -2.23. The molecule has 5 heteroatoms. The molecule has 100 valence electrons. The lowest BCUT2D eigenvalue weighted by Gasteiger charge is -2.04. The third-order valence-corrected chi connectivity index (χ3v) is 2.83. The fourth-order valence-corrected chi connectivity index (χ4v) is 1.68. The molecular weight excluding hydrogens is 240 g/mol. The smallest absolute Gasteiger partial charge is 0.241 e. The van der Waals surface area contributed by atoms with Crippen molar-refractivity contribution in [1.29, 1.82) is 0 Å². The number of hydrogen-bond acceptors (Lipinski definition) is 3. The van der Waals surface area contributed by atoms with E-state index in [1.807, 2.05) is 6.20 Å². The number of nitrogens with one attached hydrogen (secondary N) is 2. The highest BCUT2D eigenvalue weighted by Gasteiger charge is 2.02. The molecule has 0 aliphatic rings. The Morgan fingerprint density at radius 2 is 2.05 bits per heavy atom. The molecule has 0 unspecified atom stereocenters.